The number of hydrogen-bond acceptors (Lipinski definition) is 3. The van der Waals surface area contributed by atoms with Gasteiger partial charge in [0.2, 0.25) is 0 Å². The molecule has 18 heavy (non-hydrogen) atoms. The molecule has 1 unspecified atom stereocenters. The molecule has 1 heterocycles. The lowest BCUT2D eigenvalue weighted by Crippen LogP contribution is -2.31. The first-order valence-electron chi connectivity index (χ1n) is 6.35. The van der Waals surface area contributed by atoms with Gasteiger partial charge in [-0.2, -0.15) is 0 Å². The first kappa shape index (κ1) is 13.3. The summed E-state index contributed by atoms with van der Waals surface area (Å²) in [7, 11) is 0. The summed E-state index contributed by atoms with van der Waals surface area (Å²) < 4.78 is 0. The summed E-state index contributed by atoms with van der Waals surface area (Å²) in [6.07, 6.45) is 0. The van der Waals surface area contributed by atoms with Crippen LogP contribution in [0.1, 0.15) is 23.4 Å². The van der Waals surface area contributed by atoms with Crippen LogP contribution >= 0.6 is 11.3 Å². The minimum Gasteiger partial charge on any atom is -0.322 e. The number of rotatable bonds is 6. The summed E-state index contributed by atoms with van der Waals surface area (Å²) >= 11 is 1.74. The van der Waals surface area contributed by atoms with Crippen molar-refractivity contribution in [3.05, 3.63) is 58.3 Å². The van der Waals surface area contributed by atoms with Crippen LogP contribution < -0.4 is 5.73 Å². The van der Waals surface area contributed by atoms with Gasteiger partial charge in [0.1, 0.15) is 0 Å². The van der Waals surface area contributed by atoms with E-state index >= 15 is 0 Å². The predicted molar refractivity (Wildman–Crippen MR) is 78.6 cm³/mol. The van der Waals surface area contributed by atoms with E-state index in [1.807, 2.05) is 0 Å². The Kier molecular flexibility index (Phi) is 4.93. The topological polar surface area (TPSA) is 29.3 Å². The van der Waals surface area contributed by atoms with Gasteiger partial charge in [-0.15, -0.1) is 11.3 Å². The Labute approximate surface area is 113 Å². The average molecular weight is 260 g/mol. The zero-order valence-corrected chi connectivity index (χ0v) is 11.6. The van der Waals surface area contributed by atoms with Crippen molar-refractivity contribution < 1.29 is 0 Å². The van der Waals surface area contributed by atoms with E-state index in [1.165, 1.54) is 10.4 Å². The molecule has 0 aliphatic carbocycles. The lowest BCUT2D eigenvalue weighted by molar-refractivity contribution is 0.263. The van der Waals surface area contributed by atoms with Gasteiger partial charge >= 0.3 is 0 Å². The van der Waals surface area contributed by atoms with E-state index in [9.17, 15) is 0 Å². The summed E-state index contributed by atoms with van der Waals surface area (Å²) in [5.74, 6) is 0. The molecule has 0 bridgehead atoms. The number of likely N-dealkylation sites (N-methyl/N-ethyl adjacent to an activating group) is 1. The fraction of sp³-hybridized carbons (Fsp3) is 0.333. The minimum absolute atomic E-state index is 0.119. The molecule has 0 saturated heterocycles. The highest BCUT2D eigenvalue weighted by molar-refractivity contribution is 7.10. The second kappa shape index (κ2) is 6.69. The summed E-state index contributed by atoms with van der Waals surface area (Å²) in [4.78, 5) is 3.65. The Balaban J connectivity index is 1.93. The monoisotopic (exact) mass is 260 g/mol. The molecular weight excluding hydrogens is 240 g/mol. The number of nitrogens with zero attached hydrogens (tertiary/aromatic N) is 1. The molecule has 2 N–H and O–H groups in total. The van der Waals surface area contributed by atoms with Crippen LogP contribution in [0.25, 0.3) is 0 Å². The van der Waals surface area contributed by atoms with Crippen molar-refractivity contribution in [3.63, 3.8) is 0 Å². The van der Waals surface area contributed by atoms with E-state index in [4.69, 9.17) is 5.73 Å². The van der Waals surface area contributed by atoms with Gasteiger partial charge in [0.25, 0.3) is 0 Å². The van der Waals surface area contributed by atoms with E-state index < -0.39 is 0 Å². The van der Waals surface area contributed by atoms with E-state index in [2.05, 4.69) is 59.7 Å². The van der Waals surface area contributed by atoms with Gasteiger partial charge in [0.05, 0.1) is 6.04 Å². The molecule has 2 aromatic rings. The highest BCUT2D eigenvalue weighted by Gasteiger charge is 2.12. The van der Waals surface area contributed by atoms with Crippen LogP contribution in [-0.2, 0) is 6.54 Å². The smallest absolute Gasteiger partial charge is 0.0519 e. The summed E-state index contributed by atoms with van der Waals surface area (Å²) in [6, 6.07) is 14.9. The third kappa shape index (κ3) is 3.67. The zero-order chi connectivity index (χ0) is 12.8. The van der Waals surface area contributed by atoms with Crippen LogP contribution in [0.3, 0.4) is 0 Å². The van der Waals surface area contributed by atoms with Crippen molar-refractivity contribution in [2.45, 2.75) is 19.5 Å². The number of hydrogen-bond donors (Lipinski definition) is 1. The van der Waals surface area contributed by atoms with E-state index in [1.54, 1.807) is 11.3 Å². The summed E-state index contributed by atoms with van der Waals surface area (Å²) in [5, 5.41) is 2.09. The maximum absolute atomic E-state index is 6.24. The second-order valence-corrected chi connectivity index (χ2v) is 5.41. The Morgan fingerprint density at radius 3 is 2.56 bits per heavy atom. The third-order valence-electron chi connectivity index (χ3n) is 3.06. The van der Waals surface area contributed by atoms with Gasteiger partial charge < -0.3 is 5.73 Å². The third-order valence-corrected chi connectivity index (χ3v) is 4.06. The largest absolute Gasteiger partial charge is 0.322 e. The molecule has 3 heteroatoms. The lowest BCUT2D eigenvalue weighted by atomic mass is 10.2. The summed E-state index contributed by atoms with van der Waals surface area (Å²) in [6.45, 7) is 5.08. The van der Waals surface area contributed by atoms with Gasteiger partial charge in [0, 0.05) is 18.0 Å². The molecule has 2 rings (SSSR count). The first-order chi connectivity index (χ1) is 8.79. The van der Waals surface area contributed by atoms with Gasteiger partial charge in [-0.3, -0.25) is 4.90 Å². The molecule has 0 aliphatic heterocycles. The lowest BCUT2D eigenvalue weighted by Gasteiger charge is -2.23. The minimum atomic E-state index is 0.119. The maximum Gasteiger partial charge on any atom is 0.0519 e. The molecule has 0 spiro atoms. The molecule has 0 aliphatic rings. The highest BCUT2D eigenvalue weighted by atomic mass is 32.1. The van der Waals surface area contributed by atoms with Gasteiger partial charge in [0.15, 0.2) is 0 Å². The van der Waals surface area contributed by atoms with Crippen molar-refractivity contribution in [1.29, 1.82) is 0 Å². The van der Waals surface area contributed by atoms with Crippen LogP contribution in [0.15, 0.2) is 47.8 Å². The van der Waals surface area contributed by atoms with Crippen molar-refractivity contribution in [1.82, 2.24) is 4.90 Å². The molecule has 0 amide bonds. The van der Waals surface area contributed by atoms with Crippen LogP contribution in [0, 0.1) is 0 Å². The molecule has 96 valence electrons. The number of nitrogens with two attached hydrogens (primary N) is 1. The molecule has 2 nitrogen and oxygen atoms in total. The second-order valence-electron chi connectivity index (χ2n) is 4.44. The van der Waals surface area contributed by atoms with Gasteiger partial charge in [-0.25, -0.2) is 0 Å². The van der Waals surface area contributed by atoms with E-state index in [0.717, 1.165) is 19.6 Å². The fourth-order valence-electron chi connectivity index (χ4n) is 2.02. The number of thiophene rings is 1. The Bertz CT molecular complexity index is 439. The van der Waals surface area contributed by atoms with Crippen molar-refractivity contribution in [3.8, 4) is 0 Å². The molecule has 0 fully saturated rings. The Hall–Kier alpha value is -1.16. The molecule has 0 saturated carbocycles. The molecule has 1 atom stereocenters. The van der Waals surface area contributed by atoms with Crippen molar-refractivity contribution in [2.75, 3.05) is 13.1 Å². The Morgan fingerprint density at radius 1 is 1.17 bits per heavy atom. The van der Waals surface area contributed by atoms with Gasteiger partial charge in [-0.05, 0) is 23.6 Å². The quantitative estimate of drug-likeness (QED) is 0.863. The van der Waals surface area contributed by atoms with E-state index in [0.29, 0.717) is 0 Å². The van der Waals surface area contributed by atoms with Crippen molar-refractivity contribution >= 4 is 11.3 Å². The first-order valence-corrected chi connectivity index (χ1v) is 7.23. The molecule has 0 radical (unpaired) electrons. The normalized spacial score (nSPS) is 12.8. The zero-order valence-electron chi connectivity index (χ0n) is 10.8. The fourth-order valence-corrected chi connectivity index (χ4v) is 2.74. The summed E-state index contributed by atoms with van der Waals surface area (Å²) in [5.41, 5.74) is 7.58. The SMILES string of the molecule is CCN(Cc1ccccc1)CC(N)c1cccs1. The van der Waals surface area contributed by atoms with Crippen LogP contribution in [0.5, 0.6) is 0 Å². The average Bonchev–Trinajstić information content (AvgIpc) is 2.93. The molecule has 1 aromatic carbocycles. The molecule has 1 aromatic heterocycles. The van der Waals surface area contributed by atoms with Crippen LogP contribution in [0.4, 0.5) is 0 Å². The number of benzene rings is 1. The van der Waals surface area contributed by atoms with Crippen LogP contribution in [-0.4, -0.2) is 18.0 Å². The standard InChI is InChI=1S/C15H20N2S/c1-2-17(11-13-7-4-3-5-8-13)12-14(16)15-9-6-10-18-15/h3-10,14H,2,11-12,16H2,1H3. The van der Waals surface area contributed by atoms with E-state index in [-0.39, 0.29) is 6.04 Å². The maximum atomic E-state index is 6.24. The van der Waals surface area contributed by atoms with Gasteiger partial charge in [-0.1, -0.05) is 43.3 Å². The van der Waals surface area contributed by atoms with Crippen molar-refractivity contribution in [2.24, 2.45) is 5.73 Å². The molecular formula is C15H20N2S. The Morgan fingerprint density at radius 2 is 1.94 bits per heavy atom. The van der Waals surface area contributed by atoms with Crippen LogP contribution in [0.2, 0.25) is 0 Å². The predicted octanol–water partition coefficient (Wildman–Crippen LogP) is 3.27. The highest BCUT2D eigenvalue weighted by Crippen LogP contribution is 2.18.